The molecule has 4 heterocycles. The second kappa shape index (κ2) is 36.0. The van der Waals surface area contributed by atoms with E-state index >= 15 is 0 Å². The van der Waals surface area contributed by atoms with Gasteiger partial charge in [-0.25, -0.2) is 0 Å². The number of benzene rings is 3. The molecule has 6 nitrogen and oxygen atoms in total. The summed E-state index contributed by atoms with van der Waals surface area (Å²) in [6.45, 7) is 14.2. The molecule has 0 amide bonds. The molecule has 434 valence electrons. The molecule has 0 saturated carbocycles. The van der Waals surface area contributed by atoms with Crippen LogP contribution >= 0.6 is 0 Å². The Labute approximate surface area is 496 Å². The van der Waals surface area contributed by atoms with E-state index in [0.29, 0.717) is 13.2 Å². The molecule has 6 heteroatoms. The van der Waals surface area contributed by atoms with Crippen molar-refractivity contribution in [1.29, 1.82) is 0 Å². The number of aromatic nitrogens is 2. The largest absolute Gasteiger partial charge is 0.490 e. The number of nitrogens with zero attached hydrogens (tertiary/aromatic N) is 4. The molecule has 0 aliphatic carbocycles. The van der Waals surface area contributed by atoms with Crippen LogP contribution in [-0.2, 0) is 0 Å². The highest BCUT2D eigenvalue weighted by atomic mass is 16.5. The molecule has 0 unspecified atom stereocenters. The van der Waals surface area contributed by atoms with Crippen molar-refractivity contribution in [3.63, 3.8) is 0 Å². The molecule has 3 aromatic carbocycles. The maximum absolute atomic E-state index is 6.71. The third-order valence-electron chi connectivity index (χ3n) is 16.0. The van der Waals surface area contributed by atoms with Crippen molar-refractivity contribution < 1.29 is 9.47 Å². The summed E-state index contributed by atoms with van der Waals surface area (Å²) in [5.41, 5.74) is 13.9. The van der Waals surface area contributed by atoms with Crippen molar-refractivity contribution in [1.82, 2.24) is 9.13 Å². The van der Waals surface area contributed by atoms with Crippen LogP contribution in [0.25, 0.3) is 11.4 Å². The Morgan fingerprint density at radius 3 is 0.976 bits per heavy atom. The Kier molecular flexibility index (Phi) is 27.6. The molecule has 7 rings (SSSR count). The lowest BCUT2D eigenvalue weighted by atomic mass is 10.0. The Morgan fingerprint density at radius 2 is 0.695 bits per heavy atom. The van der Waals surface area contributed by atoms with Gasteiger partial charge in [0.2, 0.25) is 0 Å². The lowest BCUT2D eigenvalue weighted by Gasteiger charge is -2.15. The maximum Gasteiger partial charge on any atom is 0.162 e. The van der Waals surface area contributed by atoms with Crippen LogP contribution in [0.2, 0.25) is 0 Å². The predicted molar refractivity (Wildman–Crippen MR) is 350 cm³/mol. The van der Waals surface area contributed by atoms with Crippen molar-refractivity contribution in [2.24, 2.45) is 9.98 Å². The van der Waals surface area contributed by atoms with E-state index in [4.69, 9.17) is 19.5 Å². The van der Waals surface area contributed by atoms with Gasteiger partial charge in [-0.3, -0.25) is 9.98 Å². The number of hydrogen-bond acceptors (Lipinski definition) is 4. The van der Waals surface area contributed by atoms with Gasteiger partial charge in [-0.05, 0) is 113 Å². The Balaban J connectivity index is 1.09. The van der Waals surface area contributed by atoms with E-state index in [-0.39, 0.29) is 0 Å². The van der Waals surface area contributed by atoms with Gasteiger partial charge in [-0.15, -0.1) is 0 Å². The van der Waals surface area contributed by atoms with Gasteiger partial charge in [0.25, 0.3) is 0 Å². The zero-order valence-electron chi connectivity index (χ0n) is 51.4. The number of allylic oxidation sites excluding steroid dienone is 4. The van der Waals surface area contributed by atoms with E-state index in [1.807, 2.05) is 13.8 Å². The highest BCUT2D eigenvalue weighted by molar-refractivity contribution is 5.99. The van der Waals surface area contributed by atoms with Crippen LogP contribution in [0.4, 0.5) is 0 Å². The van der Waals surface area contributed by atoms with Crippen molar-refractivity contribution in [2.75, 3.05) is 13.2 Å². The fourth-order valence-electron chi connectivity index (χ4n) is 11.1. The van der Waals surface area contributed by atoms with Gasteiger partial charge < -0.3 is 18.6 Å². The highest BCUT2D eigenvalue weighted by Gasteiger charge is 2.17. The Hall–Kier alpha value is -6.76. The molecule has 0 radical (unpaired) electrons. The minimum Gasteiger partial charge on any atom is -0.490 e. The lowest BCUT2D eigenvalue weighted by molar-refractivity contribution is 0.258. The minimum atomic E-state index is 0.637. The quantitative estimate of drug-likeness (QED) is 0.0296. The molecule has 82 heavy (non-hydrogen) atoms. The average molecular weight is 1100 g/mol. The Bertz CT molecular complexity index is 2850. The average Bonchev–Trinajstić information content (AvgIpc) is 4.50. The lowest BCUT2D eigenvalue weighted by Crippen LogP contribution is -2.04. The van der Waals surface area contributed by atoms with Crippen molar-refractivity contribution in [2.45, 2.75) is 221 Å². The van der Waals surface area contributed by atoms with E-state index in [1.165, 1.54) is 154 Å². The number of hydrogen-bond donors (Lipinski definition) is 0. The summed E-state index contributed by atoms with van der Waals surface area (Å²) in [5, 5.41) is 0. The smallest absolute Gasteiger partial charge is 0.162 e. The number of rotatable bonds is 36. The predicted octanol–water partition coefficient (Wildman–Crippen LogP) is 20.9. The van der Waals surface area contributed by atoms with Crippen LogP contribution in [0.3, 0.4) is 0 Å². The summed E-state index contributed by atoms with van der Waals surface area (Å²) in [6.07, 6.45) is 49.6. The topological polar surface area (TPSA) is 53.0 Å². The highest BCUT2D eigenvalue weighted by Crippen LogP contribution is 2.33. The van der Waals surface area contributed by atoms with Crippen molar-refractivity contribution in [3.8, 4) is 35.2 Å². The fourth-order valence-corrected chi connectivity index (χ4v) is 11.1. The first-order valence-corrected chi connectivity index (χ1v) is 32.2. The third kappa shape index (κ3) is 20.9. The zero-order valence-corrected chi connectivity index (χ0v) is 51.4. The first-order chi connectivity index (χ1) is 40.3. The third-order valence-corrected chi connectivity index (χ3v) is 16.0. The molecule has 5 aromatic rings. The number of unbranched alkanes of at least 4 members (excludes halogenated alkanes) is 26. The van der Waals surface area contributed by atoms with E-state index in [1.54, 1.807) is 0 Å². The van der Waals surface area contributed by atoms with Crippen LogP contribution in [0.5, 0.6) is 11.5 Å². The molecule has 2 aliphatic rings. The number of ether oxygens (including phenoxy) is 2. The molecule has 2 aromatic heterocycles. The fraction of sp³-hybridized carbons (Fsp3) is 0.474. The molecule has 0 saturated heterocycles. The SMILES string of the molecule is CCCCCCCCCCCCCCCCOc1cc(C#Cc2ccc(/C(=C3\C=CC(C)=N3)n3cccc3C)cc2)c(C#Cc2ccc(/C(=C3\C=CC(C)=N3)n3cccc3C)cc2)cc1OCCCCCCCCCCCCCCCC. The summed E-state index contributed by atoms with van der Waals surface area (Å²) >= 11 is 0. The number of aryl methyl sites for hydroxylation is 2. The first kappa shape index (κ1) is 62.8. The summed E-state index contributed by atoms with van der Waals surface area (Å²) in [5.74, 6) is 15.7. The monoisotopic (exact) mass is 1100 g/mol. The van der Waals surface area contributed by atoms with Crippen LogP contribution in [0, 0.1) is 37.5 Å². The standard InChI is InChI=1S/C76H98N4O2/c1-7-9-11-13-15-17-19-21-23-25-27-29-31-33-57-81-73-59-69(51-45-65-41-47-67(48-42-65)75(71-53-39-61(3)77-71)79-55-35-37-63(79)5)70(60-74(73)82-58-34-32-30-28-26-24-22-20-18-16-14-12-10-8-2)52-46-66-43-49-68(50-44-66)76(72-54-40-62(4)78-72)80-56-36-38-64(80)6/h35-44,47-50,53-56,59-60H,7-34,57-58H2,1-6H3/b75-71-,76-72-. The van der Waals surface area contributed by atoms with Crippen LogP contribution in [0.15, 0.2) is 143 Å². The zero-order chi connectivity index (χ0) is 57.4. The molecule has 0 N–H and O–H groups in total. The van der Waals surface area contributed by atoms with Crippen molar-refractivity contribution >= 4 is 22.8 Å². The summed E-state index contributed by atoms with van der Waals surface area (Å²) in [6, 6.07) is 29.6. The van der Waals surface area contributed by atoms with Gasteiger partial charge in [-0.2, -0.15) is 0 Å². The van der Waals surface area contributed by atoms with Gasteiger partial charge in [0.05, 0.1) is 36.0 Å². The molecule has 0 bridgehead atoms. The molecule has 0 spiro atoms. The molecule has 0 atom stereocenters. The van der Waals surface area contributed by atoms with Gasteiger partial charge in [0, 0.05) is 80.7 Å². The van der Waals surface area contributed by atoms with E-state index in [0.717, 1.165) is 116 Å². The summed E-state index contributed by atoms with van der Waals surface area (Å²) in [4.78, 5) is 9.76. The van der Waals surface area contributed by atoms with Gasteiger partial charge in [-0.1, -0.05) is 229 Å². The first-order valence-electron chi connectivity index (χ1n) is 32.2. The summed E-state index contributed by atoms with van der Waals surface area (Å²) < 4.78 is 17.9. The minimum absolute atomic E-state index is 0.637. The maximum atomic E-state index is 6.71. The van der Waals surface area contributed by atoms with Crippen LogP contribution in [-0.4, -0.2) is 33.8 Å². The number of aliphatic imine (C=N–C) groups is 2. The van der Waals surface area contributed by atoms with E-state index < -0.39 is 0 Å². The Morgan fingerprint density at radius 1 is 0.378 bits per heavy atom. The van der Waals surface area contributed by atoms with Crippen LogP contribution in [0.1, 0.15) is 252 Å². The molecular weight excluding hydrogens is 1000 g/mol. The van der Waals surface area contributed by atoms with Gasteiger partial charge in [0.1, 0.15) is 0 Å². The summed E-state index contributed by atoms with van der Waals surface area (Å²) in [7, 11) is 0. The normalized spacial score (nSPS) is 13.9. The van der Waals surface area contributed by atoms with E-state index in [2.05, 4.69) is 182 Å². The van der Waals surface area contributed by atoms with Crippen LogP contribution < -0.4 is 9.47 Å². The van der Waals surface area contributed by atoms with Gasteiger partial charge >= 0.3 is 0 Å². The van der Waals surface area contributed by atoms with Gasteiger partial charge in [0.15, 0.2) is 11.5 Å². The molecule has 0 fully saturated rings. The second-order valence-corrected chi connectivity index (χ2v) is 23.1. The van der Waals surface area contributed by atoms with Crippen molar-refractivity contribution in [3.05, 3.63) is 178 Å². The van der Waals surface area contributed by atoms with E-state index in [9.17, 15) is 0 Å². The second-order valence-electron chi connectivity index (χ2n) is 23.1. The molecule has 2 aliphatic heterocycles. The molecular formula is C76H98N4O2.